The van der Waals surface area contributed by atoms with E-state index >= 15 is 0 Å². The van der Waals surface area contributed by atoms with E-state index in [4.69, 9.17) is 11.6 Å². The summed E-state index contributed by atoms with van der Waals surface area (Å²) >= 11 is 7.15. The van der Waals surface area contributed by atoms with E-state index in [9.17, 15) is 14.4 Å². The number of hydrogen-bond donors (Lipinski definition) is 1. The van der Waals surface area contributed by atoms with Crippen LogP contribution in [0.1, 0.15) is 18.2 Å². The standard InChI is InChI=1S/C13H13ClN2O3S/c1-2-9-13(19)15-11(17)7-16(9)12(18)6-4-8-3-5-10(14)20-8/h3-6,9H,2,7H2,1H3,(H,15,17,19). The van der Waals surface area contributed by atoms with Gasteiger partial charge < -0.3 is 4.90 Å². The minimum absolute atomic E-state index is 0.0986. The van der Waals surface area contributed by atoms with Gasteiger partial charge in [-0.3, -0.25) is 19.7 Å². The van der Waals surface area contributed by atoms with Gasteiger partial charge in [0.15, 0.2) is 0 Å². The number of amides is 3. The summed E-state index contributed by atoms with van der Waals surface area (Å²) in [6, 6.07) is 2.93. The molecule has 1 aliphatic heterocycles. The zero-order valence-corrected chi connectivity index (χ0v) is 12.3. The molecule has 1 atom stereocenters. The minimum Gasteiger partial charge on any atom is -0.318 e. The summed E-state index contributed by atoms with van der Waals surface area (Å²) in [5.74, 6) is -1.24. The fourth-order valence-electron chi connectivity index (χ4n) is 1.97. The van der Waals surface area contributed by atoms with Crippen molar-refractivity contribution in [2.24, 2.45) is 0 Å². The highest BCUT2D eigenvalue weighted by Crippen LogP contribution is 2.22. The molecule has 2 heterocycles. The molecule has 3 amide bonds. The van der Waals surface area contributed by atoms with Crippen LogP contribution >= 0.6 is 22.9 Å². The van der Waals surface area contributed by atoms with Crippen molar-refractivity contribution in [2.45, 2.75) is 19.4 Å². The first kappa shape index (κ1) is 14.7. The molecule has 0 saturated carbocycles. The predicted molar refractivity (Wildman–Crippen MR) is 77.3 cm³/mol. The molecule has 7 heteroatoms. The Balaban J connectivity index is 2.12. The zero-order chi connectivity index (χ0) is 14.7. The van der Waals surface area contributed by atoms with Gasteiger partial charge in [-0.2, -0.15) is 0 Å². The Bertz CT molecular complexity index is 582. The first-order valence-electron chi connectivity index (χ1n) is 6.09. The molecule has 0 bridgehead atoms. The number of thiophene rings is 1. The summed E-state index contributed by atoms with van der Waals surface area (Å²) < 4.78 is 0.635. The first-order chi connectivity index (χ1) is 9.51. The largest absolute Gasteiger partial charge is 0.318 e. The molecule has 2 rings (SSSR count). The Labute approximate surface area is 125 Å². The highest BCUT2D eigenvalue weighted by Gasteiger charge is 2.34. The highest BCUT2D eigenvalue weighted by molar-refractivity contribution is 7.17. The van der Waals surface area contributed by atoms with E-state index in [0.29, 0.717) is 10.8 Å². The van der Waals surface area contributed by atoms with Crippen molar-refractivity contribution in [3.05, 3.63) is 27.4 Å². The molecule has 0 radical (unpaired) electrons. The third kappa shape index (κ3) is 3.26. The van der Waals surface area contributed by atoms with Crippen LogP contribution < -0.4 is 5.32 Å². The minimum atomic E-state index is -0.600. The lowest BCUT2D eigenvalue weighted by atomic mass is 10.1. The Morgan fingerprint density at radius 2 is 2.30 bits per heavy atom. The third-order valence-corrected chi connectivity index (χ3v) is 4.11. The normalized spacial score (nSPS) is 19.5. The fourth-order valence-corrected chi connectivity index (χ4v) is 2.93. The molecule has 0 spiro atoms. The highest BCUT2D eigenvalue weighted by atomic mass is 35.5. The predicted octanol–water partition coefficient (Wildman–Crippen LogP) is 1.68. The van der Waals surface area contributed by atoms with Crippen molar-refractivity contribution in [3.63, 3.8) is 0 Å². The number of carbonyl (C=O) groups excluding carboxylic acids is 3. The second kappa shape index (κ2) is 6.19. The van der Waals surface area contributed by atoms with Crippen LogP contribution in [0.4, 0.5) is 0 Å². The van der Waals surface area contributed by atoms with E-state index in [-0.39, 0.29) is 12.5 Å². The lowest BCUT2D eigenvalue weighted by Crippen LogP contribution is -2.59. The van der Waals surface area contributed by atoms with Gasteiger partial charge in [-0.25, -0.2) is 0 Å². The molecule has 1 unspecified atom stereocenters. The number of piperazine rings is 1. The third-order valence-electron chi connectivity index (χ3n) is 2.91. The quantitative estimate of drug-likeness (QED) is 0.682. The van der Waals surface area contributed by atoms with Crippen LogP contribution in [-0.2, 0) is 14.4 Å². The second-order valence-electron chi connectivity index (χ2n) is 4.28. The van der Waals surface area contributed by atoms with Gasteiger partial charge in [0.2, 0.25) is 17.7 Å². The molecule has 1 saturated heterocycles. The molecule has 1 aromatic rings. The summed E-state index contributed by atoms with van der Waals surface area (Å²) in [4.78, 5) is 37.3. The molecule has 1 N–H and O–H groups in total. The molecule has 106 valence electrons. The monoisotopic (exact) mass is 312 g/mol. The van der Waals surface area contributed by atoms with E-state index in [0.717, 1.165) is 4.88 Å². The van der Waals surface area contributed by atoms with Crippen LogP contribution in [0.3, 0.4) is 0 Å². The lowest BCUT2D eigenvalue weighted by molar-refractivity contribution is -0.147. The van der Waals surface area contributed by atoms with E-state index in [2.05, 4.69) is 5.32 Å². The maximum atomic E-state index is 12.1. The Hall–Kier alpha value is -1.66. The molecule has 1 aromatic heterocycles. The van der Waals surface area contributed by atoms with Gasteiger partial charge in [-0.15, -0.1) is 11.3 Å². The number of carbonyl (C=O) groups is 3. The summed E-state index contributed by atoms with van der Waals surface area (Å²) in [5.41, 5.74) is 0. The molecule has 1 fully saturated rings. The van der Waals surface area contributed by atoms with E-state index < -0.39 is 17.9 Å². The van der Waals surface area contributed by atoms with Crippen molar-refractivity contribution in [1.29, 1.82) is 0 Å². The summed E-state index contributed by atoms with van der Waals surface area (Å²) in [5, 5.41) is 2.23. The van der Waals surface area contributed by atoms with Crippen molar-refractivity contribution >= 4 is 46.7 Å². The Morgan fingerprint density at radius 3 is 2.90 bits per heavy atom. The lowest BCUT2D eigenvalue weighted by Gasteiger charge is -2.32. The van der Waals surface area contributed by atoms with Crippen molar-refractivity contribution in [2.75, 3.05) is 6.54 Å². The first-order valence-corrected chi connectivity index (χ1v) is 7.28. The summed E-state index contributed by atoms with van der Waals surface area (Å²) in [6.07, 6.45) is 3.45. The summed E-state index contributed by atoms with van der Waals surface area (Å²) in [6.45, 7) is 1.70. The molecule has 1 aliphatic rings. The topological polar surface area (TPSA) is 66.5 Å². The zero-order valence-electron chi connectivity index (χ0n) is 10.8. The van der Waals surface area contributed by atoms with Crippen LogP contribution in [0.2, 0.25) is 4.34 Å². The maximum Gasteiger partial charge on any atom is 0.249 e. The fraction of sp³-hybridized carbons (Fsp3) is 0.308. The molecule has 20 heavy (non-hydrogen) atoms. The maximum absolute atomic E-state index is 12.1. The van der Waals surface area contributed by atoms with Gasteiger partial charge in [-0.1, -0.05) is 18.5 Å². The van der Waals surface area contributed by atoms with Crippen LogP contribution in [0.5, 0.6) is 0 Å². The van der Waals surface area contributed by atoms with Crippen LogP contribution in [0, 0.1) is 0 Å². The molecule has 0 aromatic carbocycles. The van der Waals surface area contributed by atoms with Gasteiger partial charge in [-0.05, 0) is 24.6 Å². The number of imide groups is 1. The molecular weight excluding hydrogens is 300 g/mol. The van der Waals surface area contributed by atoms with E-state index in [1.807, 2.05) is 0 Å². The number of halogens is 1. The Morgan fingerprint density at radius 1 is 1.55 bits per heavy atom. The van der Waals surface area contributed by atoms with Crippen molar-refractivity contribution in [3.8, 4) is 0 Å². The smallest absolute Gasteiger partial charge is 0.249 e. The second-order valence-corrected chi connectivity index (χ2v) is 6.02. The average molecular weight is 313 g/mol. The SMILES string of the molecule is CCC1C(=O)NC(=O)CN1C(=O)C=Cc1ccc(Cl)s1. The molecular formula is C13H13ClN2O3S. The van der Waals surface area contributed by atoms with Gasteiger partial charge in [0.25, 0.3) is 0 Å². The van der Waals surface area contributed by atoms with Crippen molar-refractivity contribution < 1.29 is 14.4 Å². The average Bonchev–Trinajstić information content (AvgIpc) is 2.81. The van der Waals surface area contributed by atoms with Crippen molar-refractivity contribution in [1.82, 2.24) is 10.2 Å². The van der Waals surface area contributed by atoms with Crippen LogP contribution in [0.25, 0.3) is 6.08 Å². The van der Waals surface area contributed by atoms with E-state index in [1.54, 1.807) is 25.1 Å². The van der Waals surface area contributed by atoms with E-state index in [1.165, 1.54) is 22.3 Å². The molecule has 5 nitrogen and oxygen atoms in total. The number of rotatable bonds is 3. The Kier molecular flexibility index (Phi) is 4.57. The van der Waals surface area contributed by atoms with Crippen LogP contribution in [-0.4, -0.2) is 35.2 Å². The van der Waals surface area contributed by atoms with Gasteiger partial charge >= 0.3 is 0 Å². The number of nitrogens with one attached hydrogen (secondary N) is 1. The summed E-state index contributed by atoms with van der Waals surface area (Å²) in [7, 11) is 0. The van der Waals surface area contributed by atoms with Gasteiger partial charge in [0, 0.05) is 11.0 Å². The molecule has 0 aliphatic carbocycles. The van der Waals surface area contributed by atoms with Gasteiger partial charge in [0.1, 0.15) is 12.6 Å². The van der Waals surface area contributed by atoms with Gasteiger partial charge in [0.05, 0.1) is 4.34 Å². The van der Waals surface area contributed by atoms with Crippen LogP contribution in [0.15, 0.2) is 18.2 Å². The number of nitrogens with zero attached hydrogens (tertiary/aromatic N) is 1. The number of hydrogen-bond acceptors (Lipinski definition) is 4.